The second-order valence-electron chi connectivity index (χ2n) is 2.41. The van der Waals surface area contributed by atoms with Gasteiger partial charge in [0.2, 0.25) is 0 Å². The minimum absolute atomic E-state index is 0. The van der Waals surface area contributed by atoms with E-state index in [4.69, 9.17) is 10.9 Å². The minimum Gasteiger partial charge on any atom is -0.411 e. The molecule has 0 aromatic heterocycles. The van der Waals surface area contributed by atoms with Crippen molar-refractivity contribution >= 4 is 18.1 Å². The van der Waals surface area contributed by atoms with Crippen molar-refractivity contribution in [1.29, 1.82) is 0 Å². The Hall–Kier alpha value is -0.280. The lowest BCUT2D eigenvalue weighted by Crippen LogP contribution is -2.39. The lowest BCUT2D eigenvalue weighted by atomic mass is 10.0. The first-order valence-electron chi connectivity index (χ1n) is 2.46. The van der Waals surface area contributed by atoms with Crippen LogP contribution in [0.1, 0.15) is 20.8 Å². The van der Waals surface area contributed by atoms with E-state index in [1.807, 2.05) is 0 Å². The van der Waals surface area contributed by atoms with E-state index in [0.717, 1.165) is 0 Å². The summed E-state index contributed by atoms with van der Waals surface area (Å²) in [6.07, 6.45) is 0. The Morgan fingerprint density at radius 3 is 1.89 bits per heavy atom. The van der Waals surface area contributed by atoms with Crippen molar-refractivity contribution in [2.45, 2.75) is 26.3 Å². The van der Waals surface area contributed by atoms with Crippen LogP contribution < -0.4 is 5.73 Å². The van der Waals surface area contributed by atoms with E-state index in [0.29, 0.717) is 5.71 Å². The minimum atomic E-state index is -0.491. The summed E-state index contributed by atoms with van der Waals surface area (Å²) in [5, 5.41) is 11.1. The quantitative estimate of drug-likeness (QED) is 0.335. The Kier molecular flexibility index (Phi) is 4.72. The summed E-state index contributed by atoms with van der Waals surface area (Å²) in [7, 11) is 0. The molecule has 0 heterocycles. The molecule has 0 aliphatic carbocycles. The van der Waals surface area contributed by atoms with Gasteiger partial charge in [-0.25, -0.2) is 0 Å². The van der Waals surface area contributed by atoms with Gasteiger partial charge in [-0.2, -0.15) is 0 Å². The molecule has 9 heavy (non-hydrogen) atoms. The number of hydrogen-bond acceptors (Lipinski definition) is 3. The third-order valence-corrected chi connectivity index (χ3v) is 1.08. The zero-order valence-corrected chi connectivity index (χ0v) is 6.70. The zero-order chi connectivity index (χ0) is 6.78. The van der Waals surface area contributed by atoms with Crippen LogP contribution in [0.2, 0.25) is 0 Å². The molecule has 0 saturated heterocycles. The number of nitrogens with two attached hydrogens (primary N) is 1. The van der Waals surface area contributed by atoms with Crippen LogP contribution in [0.25, 0.3) is 0 Å². The van der Waals surface area contributed by atoms with Gasteiger partial charge in [0, 0.05) is 0 Å². The van der Waals surface area contributed by atoms with Gasteiger partial charge in [-0.1, -0.05) is 5.16 Å². The molecular formula is C5H13ClN2O. The van der Waals surface area contributed by atoms with Crippen LogP contribution in [0, 0.1) is 0 Å². The summed E-state index contributed by atoms with van der Waals surface area (Å²) < 4.78 is 0. The molecule has 0 unspecified atom stereocenters. The summed E-state index contributed by atoms with van der Waals surface area (Å²) in [5.74, 6) is 0. The maximum absolute atomic E-state index is 8.18. The van der Waals surface area contributed by atoms with E-state index >= 15 is 0 Å². The molecule has 0 rings (SSSR count). The van der Waals surface area contributed by atoms with E-state index in [1.165, 1.54) is 0 Å². The van der Waals surface area contributed by atoms with Crippen molar-refractivity contribution < 1.29 is 5.21 Å². The van der Waals surface area contributed by atoms with Crippen LogP contribution in [0.4, 0.5) is 0 Å². The first kappa shape index (κ1) is 11.5. The summed E-state index contributed by atoms with van der Waals surface area (Å²) >= 11 is 0. The Morgan fingerprint density at radius 1 is 1.56 bits per heavy atom. The van der Waals surface area contributed by atoms with Gasteiger partial charge in [0.05, 0.1) is 11.3 Å². The van der Waals surface area contributed by atoms with Gasteiger partial charge < -0.3 is 10.9 Å². The highest BCUT2D eigenvalue weighted by Crippen LogP contribution is 1.98. The van der Waals surface area contributed by atoms with E-state index in [-0.39, 0.29) is 12.4 Å². The fourth-order valence-electron chi connectivity index (χ4n) is 0.129. The molecule has 0 bridgehead atoms. The predicted octanol–water partition coefficient (Wildman–Crippen LogP) is 0.996. The molecule has 0 aliphatic rings. The van der Waals surface area contributed by atoms with Crippen LogP contribution in [0.5, 0.6) is 0 Å². The Labute approximate surface area is 61.3 Å². The van der Waals surface area contributed by atoms with Gasteiger partial charge in [-0.3, -0.25) is 0 Å². The van der Waals surface area contributed by atoms with Crippen molar-refractivity contribution in [3.63, 3.8) is 0 Å². The molecule has 3 N–H and O–H groups in total. The number of nitrogens with zero attached hydrogens (tertiary/aromatic N) is 1. The third kappa shape index (κ3) is 4.24. The molecule has 56 valence electrons. The summed E-state index contributed by atoms with van der Waals surface area (Å²) in [6.45, 7) is 5.24. The first-order valence-corrected chi connectivity index (χ1v) is 2.46. The van der Waals surface area contributed by atoms with Gasteiger partial charge in [-0.05, 0) is 20.8 Å². The van der Waals surface area contributed by atoms with E-state index < -0.39 is 5.54 Å². The van der Waals surface area contributed by atoms with Gasteiger partial charge >= 0.3 is 0 Å². The molecule has 0 aliphatic heterocycles. The van der Waals surface area contributed by atoms with Gasteiger partial charge in [-0.15, -0.1) is 12.4 Å². The largest absolute Gasteiger partial charge is 0.411 e. The van der Waals surface area contributed by atoms with Crippen molar-refractivity contribution in [3.8, 4) is 0 Å². The van der Waals surface area contributed by atoms with Crippen LogP contribution in [-0.2, 0) is 0 Å². The van der Waals surface area contributed by atoms with Crippen LogP contribution in [-0.4, -0.2) is 16.5 Å². The summed E-state index contributed by atoms with van der Waals surface area (Å²) in [4.78, 5) is 0. The lowest BCUT2D eigenvalue weighted by molar-refractivity contribution is 0.314. The van der Waals surface area contributed by atoms with Crippen LogP contribution in [0.15, 0.2) is 5.16 Å². The van der Waals surface area contributed by atoms with Crippen molar-refractivity contribution in [2.75, 3.05) is 0 Å². The Morgan fingerprint density at radius 2 is 1.89 bits per heavy atom. The second kappa shape index (κ2) is 3.69. The van der Waals surface area contributed by atoms with E-state index in [2.05, 4.69) is 5.16 Å². The highest BCUT2D eigenvalue weighted by Gasteiger charge is 2.14. The van der Waals surface area contributed by atoms with E-state index in [1.54, 1.807) is 20.8 Å². The predicted molar refractivity (Wildman–Crippen MR) is 40.4 cm³/mol. The molecule has 0 saturated carbocycles. The fraction of sp³-hybridized carbons (Fsp3) is 0.800. The molecule has 0 fully saturated rings. The lowest BCUT2D eigenvalue weighted by Gasteiger charge is -2.15. The molecule has 3 nitrogen and oxygen atoms in total. The number of halogens is 1. The van der Waals surface area contributed by atoms with Crippen molar-refractivity contribution in [2.24, 2.45) is 10.9 Å². The number of oxime groups is 1. The average Bonchev–Trinajstić information content (AvgIpc) is 1.62. The standard InChI is InChI=1S/C5H12N2O.ClH/c1-4(7-8)5(2,3)6;/h8H,6H2,1-3H3;1H. The van der Waals surface area contributed by atoms with Crippen molar-refractivity contribution in [3.05, 3.63) is 0 Å². The average molecular weight is 153 g/mol. The molecule has 0 spiro atoms. The van der Waals surface area contributed by atoms with Crippen LogP contribution in [0.3, 0.4) is 0 Å². The van der Waals surface area contributed by atoms with Crippen molar-refractivity contribution in [1.82, 2.24) is 0 Å². The monoisotopic (exact) mass is 152 g/mol. The normalized spacial score (nSPS) is 12.7. The molecule has 0 radical (unpaired) electrons. The summed E-state index contributed by atoms with van der Waals surface area (Å²) in [6, 6.07) is 0. The maximum Gasteiger partial charge on any atom is 0.0732 e. The molecule has 4 heteroatoms. The molecule has 0 aromatic rings. The number of rotatable bonds is 1. The topological polar surface area (TPSA) is 58.6 Å². The maximum atomic E-state index is 8.18. The van der Waals surface area contributed by atoms with Gasteiger partial charge in [0.15, 0.2) is 0 Å². The molecule has 0 aromatic carbocycles. The second-order valence-corrected chi connectivity index (χ2v) is 2.41. The summed E-state index contributed by atoms with van der Waals surface area (Å²) in [5.41, 5.74) is 5.55. The highest BCUT2D eigenvalue weighted by molar-refractivity contribution is 5.89. The third-order valence-electron chi connectivity index (χ3n) is 1.08. The highest BCUT2D eigenvalue weighted by atomic mass is 35.5. The smallest absolute Gasteiger partial charge is 0.0732 e. The Balaban J connectivity index is 0. The molecular weight excluding hydrogens is 140 g/mol. The SMILES string of the molecule is CC(=NO)C(C)(C)N.Cl. The molecule has 0 atom stereocenters. The zero-order valence-electron chi connectivity index (χ0n) is 5.88. The Bertz CT molecular complexity index is 106. The van der Waals surface area contributed by atoms with E-state index in [9.17, 15) is 0 Å². The molecule has 0 amide bonds. The fourth-order valence-corrected chi connectivity index (χ4v) is 0.129. The first-order chi connectivity index (χ1) is 3.48. The van der Waals surface area contributed by atoms with Gasteiger partial charge in [0.25, 0.3) is 0 Å². The van der Waals surface area contributed by atoms with Crippen LogP contribution >= 0.6 is 12.4 Å². The number of hydrogen-bond donors (Lipinski definition) is 2. The van der Waals surface area contributed by atoms with Gasteiger partial charge in [0.1, 0.15) is 0 Å².